The van der Waals surface area contributed by atoms with Gasteiger partial charge in [-0.05, 0) is 18.2 Å². The summed E-state index contributed by atoms with van der Waals surface area (Å²) in [6.07, 6.45) is 0. The van der Waals surface area contributed by atoms with Crippen LogP contribution in [0.5, 0.6) is 0 Å². The van der Waals surface area contributed by atoms with Crippen LogP contribution in [0.25, 0.3) is 0 Å². The van der Waals surface area contributed by atoms with Gasteiger partial charge in [-0.15, -0.1) is 5.23 Å². The van der Waals surface area contributed by atoms with Crippen molar-refractivity contribution in [1.82, 2.24) is 0 Å². The maximum atomic E-state index is 11.1. The van der Waals surface area contributed by atoms with Crippen molar-refractivity contribution in [3.8, 4) is 0 Å². The number of carbonyl (C=O) groups is 1. The van der Waals surface area contributed by atoms with Crippen molar-refractivity contribution in [2.24, 2.45) is 0 Å². The Morgan fingerprint density at radius 1 is 1.33 bits per heavy atom. The van der Waals surface area contributed by atoms with Crippen LogP contribution in [0, 0.1) is 0 Å². The van der Waals surface area contributed by atoms with Crippen molar-refractivity contribution in [2.45, 2.75) is 0 Å². The Hall–Kier alpha value is -1.83. The van der Waals surface area contributed by atoms with Crippen LogP contribution in [0.3, 0.4) is 0 Å². The fraction of sp³-hybridized carbons (Fsp3) is 0.364. The summed E-state index contributed by atoms with van der Waals surface area (Å²) >= 11 is 0. The first-order valence-electron chi connectivity index (χ1n) is 5.45. The second-order valence-electron chi connectivity index (χ2n) is 3.88. The van der Waals surface area contributed by atoms with E-state index < -0.39 is 5.97 Å². The van der Waals surface area contributed by atoms with Gasteiger partial charge in [0.25, 0.3) is 0 Å². The second-order valence-corrected chi connectivity index (χ2v) is 3.88. The Bertz CT molecular complexity index is 443. The van der Waals surface area contributed by atoms with Crippen LogP contribution in [-0.4, -0.2) is 42.7 Å². The Morgan fingerprint density at radius 2 is 2.00 bits per heavy atom. The highest BCUT2D eigenvalue weighted by molar-refractivity contribution is 5.94. The number of benzene rings is 1. The maximum Gasteiger partial charge on any atom is 0.0950 e. The number of ether oxygens (including phenoxy) is 1. The number of carboxylic acid groups (broad SMARTS) is 1. The molecule has 18 heavy (non-hydrogen) atoms. The highest BCUT2D eigenvalue weighted by atomic mass is 16.8. The van der Waals surface area contributed by atoms with E-state index in [0.717, 1.165) is 6.07 Å². The number of nitrogens with zero attached hydrogens (tertiary/aromatic N) is 2. The van der Waals surface area contributed by atoms with Gasteiger partial charge in [-0.3, -0.25) is 10.4 Å². The third-order valence-corrected chi connectivity index (χ3v) is 2.78. The van der Waals surface area contributed by atoms with Gasteiger partial charge in [0.2, 0.25) is 0 Å². The fourth-order valence-corrected chi connectivity index (χ4v) is 1.89. The lowest BCUT2D eigenvalue weighted by Crippen LogP contribution is -2.38. The molecule has 7 nitrogen and oxygen atoms in total. The molecule has 1 saturated heterocycles. The third-order valence-electron chi connectivity index (χ3n) is 2.78. The van der Waals surface area contributed by atoms with Gasteiger partial charge >= 0.3 is 0 Å². The van der Waals surface area contributed by atoms with Gasteiger partial charge in [0, 0.05) is 24.3 Å². The molecule has 7 heteroatoms. The predicted molar refractivity (Wildman–Crippen MR) is 59.9 cm³/mol. The first kappa shape index (κ1) is 12.6. The summed E-state index contributed by atoms with van der Waals surface area (Å²) in [4.78, 5) is 12.9. The minimum atomic E-state index is -1.36. The predicted octanol–water partition coefficient (Wildman–Crippen LogP) is -0.528. The molecule has 2 N–H and O–H groups in total. The van der Waals surface area contributed by atoms with E-state index in [-0.39, 0.29) is 16.5 Å². The molecule has 1 fully saturated rings. The lowest BCUT2D eigenvalue weighted by atomic mass is 10.1. The zero-order valence-corrected chi connectivity index (χ0v) is 9.57. The smallest absolute Gasteiger partial charge is 0.0950 e. The summed E-state index contributed by atoms with van der Waals surface area (Å²) in [7, 11) is 0. The number of anilines is 2. The molecule has 0 unspecified atom stereocenters. The summed E-state index contributed by atoms with van der Waals surface area (Å²) < 4.78 is 5.19. The molecular formula is C11H13N2O5-. The molecule has 0 radical (unpaired) electrons. The summed E-state index contributed by atoms with van der Waals surface area (Å²) in [6.45, 7) is 2.23. The molecule has 0 amide bonds. The van der Waals surface area contributed by atoms with Gasteiger partial charge in [0.15, 0.2) is 0 Å². The summed E-state index contributed by atoms with van der Waals surface area (Å²) in [5.74, 6) is -1.36. The molecule has 1 aliphatic heterocycles. The molecule has 0 aromatic heterocycles. The van der Waals surface area contributed by atoms with Crippen molar-refractivity contribution in [3.05, 3.63) is 23.8 Å². The zero-order chi connectivity index (χ0) is 13.1. The number of morpholine rings is 1. The fourth-order valence-electron chi connectivity index (χ4n) is 1.89. The summed E-state index contributed by atoms with van der Waals surface area (Å²) in [6, 6.07) is 4.09. The zero-order valence-electron chi connectivity index (χ0n) is 9.57. The van der Waals surface area contributed by atoms with Crippen LogP contribution >= 0.6 is 0 Å². The highest BCUT2D eigenvalue weighted by Crippen LogP contribution is 2.25. The monoisotopic (exact) mass is 253 g/mol. The van der Waals surface area contributed by atoms with Crippen LogP contribution in [-0.2, 0) is 4.74 Å². The number of hydrogen-bond donors (Lipinski definition) is 2. The molecule has 0 atom stereocenters. The summed E-state index contributed by atoms with van der Waals surface area (Å²) in [5, 5.41) is 28.7. The Morgan fingerprint density at radius 3 is 2.56 bits per heavy atom. The van der Waals surface area contributed by atoms with Crippen molar-refractivity contribution < 1.29 is 25.1 Å². The van der Waals surface area contributed by atoms with Gasteiger partial charge < -0.3 is 19.5 Å². The third kappa shape index (κ3) is 2.53. The van der Waals surface area contributed by atoms with Crippen LogP contribution in [0.4, 0.5) is 11.4 Å². The quantitative estimate of drug-likeness (QED) is 0.699. The van der Waals surface area contributed by atoms with E-state index in [1.807, 2.05) is 4.90 Å². The van der Waals surface area contributed by atoms with Crippen LogP contribution < -0.4 is 15.2 Å². The standard InChI is InChI=1S/C11H14N2O5/c14-11(15)9-7-8(13(16)17)1-2-10(9)12-3-5-18-6-4-12/h1-2,7,16-17H,3-6H2,(H,14,15)/p-1. The molecule has 2 rings (SSSR count). The molecule has 98 valence electrons. The number of hydrogen-bond acceptors (Lipinski definition) is 7. The van der Waals surface area contributed by atoms with E-state index in [9.17, 15) is 9.90 Å². The molecule has 0 aliphatic carbocycles. The molecule has 0 spiro atoms. The van der Waals surface area contributed by atoms with Gasteiger partial charge in [0.1, 0.15) is 0 Å². The van der Waals surface area contributed by atoms with Gasteiger partial charge in [-0.1, -0.05) is 0 Å². The highest BCUT2D eigenvalue weighted by Gasteiger charge is 2.16. The van der Waals surface area contributed by atoms with Crippen LogP contribution in [0.2, 0.25) is 0 Å². The van der Waals surface area contributed by atoms with Crippen molar-refractivity contribution in [1.29, 1.82) is 0 Å². The topological polar surface area (TPSA) is 96.3 Å². The van der Waals surface area contributed by atoms with Crippen molar-refractivity contribution >= 4 is 17.3 Å². The van der Waals surface area contributed by atoms with E-state index in [0.29, 0.717) is 32.0 Å². The van der Waals surface area contributed by atoms with E-state index >= 15 is 0 Å². The number of aromatic carboxylic acids is 1. The second kappa shape index (κ2) is 5.21. The molecule has 1 aliphatic rings. The molecule has 1 aromatic carbocycles. The maximum absolute atomic E-state index is 11.1. The van der Waals surface area contributed by atoms with Crippen molar-refractivity contribution in [2.75, 3.05) is 36.4 Å². The lowest BCUT2D eigenvalue weighted by Gasteiger charge is -2.31. The molecule has 0 bridgehead atoms. The van der Waals surface area contributed by atoms with Crippen LogP contribution in [0.15, 0.2) is 18.2 Å². The van der Waals surface area contributed by atoms with E-state index in [2.05, 4.69) is 0 Å². The molecule has 0 saturated carbocycles. The molecule has 1 aromatic rings. The van der Waals surface area contributed by atoms with Gasteiger partial charge in [0.05, 0.1) is 24.9 Å². The first-order chi connectivity index (χ1) is 8.59. The molecule has 1 heterocycles. The minimum absolute atomic E-state index is 0.0359. The van der Waals surface area contributed by atoms with E-state index in [4.69, 9.17) is 15.2 Å². The Labute approximate surface area is 103 Å². The average Bonchev–Trinajstić information content (AvgIpc) is 2.39. The van der Waals surface area contributed by atoms with Crippen molar-refractivity contribution in [3.63, 3.8) is 0 Å². The summed E-state index contributed by atoms with van der Waals surface area (Å²) in [5.41, 5.74) is 0.373. The number of carboxylic acids is 1. The van der Waals surface area contributed by atoms with Crippen LogP contribution in [0.1, 0.15) is 10.4 Å². The number of rotatable bonds is 3. The largest absolute Gasteiger partial charge is 0.545 e. The molecular weight excluding hydrogens is 240 g/mol. The SMILES string of the molecule is O=C([O-])c1cc(N(O)O)ccc1N1CCOCC1. The minimum Gasteiger partial charge on any atom is -0.545 e. The first-order valence-corrected chi connectivity index (χ1v) is 5.45. The number of carbonyl (C=O) groups excluding carboxylic acids is 1. The van der Waals surface area contributed by atoms with E-state index in [1.54, 1.807) is 0 Å². The van der Waals surface area contributed by atoms with Gasteiger partial charge in [-0.2, -0.15) is 0 Å². The van der Waals surface area contributed by atoms with Gasteiger partial charge in [-0.25, -0.2) is 0 Å². The Kier molecular flexibility index (Phi) is 3.66. The average molecular weight is 253 g/mol. The lowest BCUT2D eigenvalue weighted by molar-refractivity contribution is -0.254. The van der Waals surface area contributed by atoms with E-state index in [1.165, 1.54) is 12.1 Å². The normalized spacial score (nSPS) is 15.6. The Balaban J connectivity index is 2.36.